The highest BCUT2D eigenvalue weighted by Crippen LogP contribution is 2.31. The standard InChI is InChI=1S/C16H13FN2O2S/c1-9-10(2)22-16-18-15(11-3-5-12(17)6-4-11)13(19(9)16)7-8-14(20)21/h3-8H,1-2H3,(H,20,21)/b8-7+. The predicted molar refractivity (Wildman–Crippen MR) is 84.6 cm³/mol. The molecule has 1 aromatic carbocycles. The van der Waals surface area contributed by atoms with Crippen LogP contribution in [0.3, 0.4) is 0 Å². The van der Waals surface area contributed by atoms with Crippen molar-refractivity contribution in [2.45, 2.75) is 13.8 Å². The Morgan fingerprint density at radius 1 is 1.32 bits per heavy atom. The van der Waals surface area contributed by atoms with Gasteiger partial charge in [0.1, 0.15) is 5.82 Å². The number of benzene rings is 1. The van der Waals surface area contributed by atoms with Crippen LogP contribution >= 0.6 is 11.3 Å². The molecule has 0 aliphatic carbocycles. The SMILES string of the molecule is Cc1sc2nc(-c3ccc(F)cc3)c(/C=C/C(=O)O)n2c1C. The van der Waals surface area contributed by atoms with Crippen molar-refractivity contribution in [1.29, 1.82) is 0 Å². The average Bonchev–Trinajstić information content (AvgIpc) is 2.95. The summed E-state index contributed by atoms with van der Waals surface area (Å²) in [4.78, 5) is 17.4. The van der Waals surface area contributed by atoms with E-state index in [0.29, 0.717) is 11.4 Å². The normalized spacial score (nSPS) is 11.6. The van der Waals surface area contributed by atoms with Gasteiger partial charge < -0.3 is 5.11 Å². The van der Waals surface area contributed by atoms with Gasteiger partial charge in [0.25, 0.3) is 0 Å². The maximum absolute atomic E-state index is 13.1. The van der Waals surface area contributed by atoms with Gasteiger partial charge in [0.2, 0.25) is 0 Å². The highest BCUT2D eigenvalue weighted by molar-refractivity contribution is 7.17. The number of halogens is 1. The van der Waals surface area contributed by atoms with Crippen LogP contribution in [0.15, 0.2) is 30.3 Å². The lowest BCUT2D eigenvalue weighted by Crippen LogP contribution is -1.93. The molecule has 0 unspecified atom stereocenters. The van der Waals surface area contributed by atoms with Crippen molar-refractivity contribution in [2.75, 3.05) is 0 Å². The molecule has 3 aromatic rings. The van der Waals surface area contributed by atoms with E-state index in [0.717, 1.165) is 27.2 Å². The number of hydrogen-bond acceptors (Lipinski definition) is 3. The summed E-state index contributed by atoms with van der Waals surface area (Å²) in [7, 11) is 0. The van der Waals surface area contributed by atoms with Crippen LogP contribution in [0.4, 0.5) is 4.39 Å². The molecule has 0 fully saturated rings. The summed E-state index contributed by atoms with van der Waals surface area (Å²) in [6, 6.07) is 6.02. The Morgan fingerprint density at radius 3 is 2.64 bits per heavy atom. The van der Waals surface area contributed by atoms with Crippen LogP contribution in [0.25, 0.3) is 22.3 Å². The van der Waals surface area contributed by atoms with Crippen LogP contribution in [-0.2, 0) is 4.79 Å². The van der Waals surface area contributed by atoms with Gasteiger partial charge in [0.05, 0.1) is 11.4 Å². The number of carboxylic acids is 1. The molecule has 0 spiro atoms. The molecule has 0 bridgehead atoms. The molecule has 22 heavy (non-hydrogen) atoms. The summed E-state index contributed by atoms with van der Waals surface area (Å²) in [5.74, 6) is -1.34. The number of imidazole rings is 1. The Bertz CT molecular complexity index is 891. The van der Waals surface area contributed by atoms with Crippen molar-refractivity contribution in [1.82, 2.24) is 9.38 Å². The predicted octanol–water partition coefficient (Wildman–Crippen LogP) is 3.92. The molecule has 0 saturated carbocycles. The van der Waals surface area contributed by atoms with Gasteiger partial charge in [0.15, 0.2) is 4.96 Å². The quantitative estimate of drug-likeness (QED) is 0.745. The van der Waals surface area contributed by atoms with Gasteiger partial charge in [-0.25, -0.2) is 14.2 Å². The third kappa shape index (κ3) is 2.42. The van der Waals surface area contributed by atoms with Gasteiger partial charge in [0, 0.05) is 22.2 Å². The van der Waals surface area contributed by atoms with Crippen LogP contribution in [0.1, 0.15) is 16.3 Å². The number of rotatable bonds is 3. The maximum atomic E-state index is 13.1. The van der Waals surface area contributed by atoms with E-state index in [1.165, 1.54) is 18.2 Å². The van der Waals surface area contributed by atoms with E-state index >= 15 is 0 Å². The second-order valence-electron chi connectivity index (χ2n) is 4.89. The van der Waals surface area contributed by atoms with Crippen LogP contribution in [-0.4, -0.2) is 20.5 Å². The van der Waals surface area contributed by atoms with Crippen molar-refractivity contribution in [3.63, 3.8) is 0 Å². The van der Waals surface area contributed by atoms with Crippen molar-refractivity contribution in [3.8, 4) is 11.3 Å². The highest BCUT2D eigenvalue weighted by atomic mass is 32.1. The zero-order valence-electron chi connectivity index (χ0n) is 12.0. The summed E-state index contributed by atoms with van der Waals surface area (Å²) in [5, 5.41) is 8.89. The fourth-order valence-corrected chi connectivity index (χ4v) is 3.27. The van der Waals surface area contributed by atoms with Crippen molar-refractivity contribution < 1.29 is 14.3 Å². The maximum Gasteiger partial charge on any atom is 0.328 e. The van der Waals surface area contributed by atoms with E-state index in [1.807, 2.05) is 18.2 Å². The number of hydrogen-bond donors (Lipinski definition) is 1. The minimum atomic E-state index is -1.02. The minimum Gasteiger partial charge on any atom is -0.478 e. The van der Waals surface area contributed by atoms with Gasteiger partial charge in [-0.15, -0.1) is 11.3 Å². The molecular formula is C16H13FN2O2S. The Hall–Kier alpha value is -2.47. The van der Waals surface area contributed by atoms with Gasteiger partial charge in [-0.1, -0.05) is 0 Å². The smallest absolute Gasteiger partial charge is 0.328 e. The Balaban J connectivity index is 2.27. The molecular weight excluding hydrogens is 303 g/mol. The molecule has 4 nitrogen and oxygen atoms in total. The van der Waals surface area contributed by atoms with E-state index in [9.17, 15) is 9.18 Å². The Kier molecular flexibility index (Phi) is 3.54. The Morgan fingerprint density at radius 2 is 2.00 bits per heavy atom. The first kappa shape index (κ1) is 14.5. The number of fused-ring (bicyclic) bond motifs is 1. The van der Waals surface area contributed by atoms with Crippen molar-refractivity contribution in [2.24, 2.45) is 0 Å². The van der Waals surface area contributed by atoms with Crippen molar-refractivity contribution in [3.05, 3.63) is 52.4 Å². The summed E-state index contributed by atoms with van der Waals surface area (Å²) in [5.41, 5.74) is 3.10. The molecule has 2 aromatic heterocycles. The van der Waals surface area contributed by atoms with E-state index in [1.54, 1.807) is 23.5 Å². The van der Waals surface area contributed by atoms with E-state index < -0.39 is 5.97 Å². The minimum absolute atomic E-state index is 0.320. The van der Waals surface area contributed by atoms with Crippen LogP contribution in [0.2, 0.25) is 0 Å². The number of nitrogens with zero attached hydrogens (tertiary/aromatic N) is 2. The zero-order valence-corrected chi connectivity index (χ0v) is 12.8. The molecule has 6 heteroatoms. The van der Waals surface area contributed by atoms with E-state index in [2.05, 4.69) is 4.98 Å². The topological polar surface area (TPSA) is 54.6 Å². The fraction of sp³-hybridized carbons (Fsp3) is 0.125. The molecule has 0 aliphatic heterocycles. The summed E-state index contributed by atoms with van der Waals surface area (Å²) in [6.45, 7) is 3.96. The van der Waals surface area contributed by atoms with Gasteiger partial charge in [-0.3, -0.25) is 4.40 Å². The molecule has 0 aliphatic rings. The number of aryl methyl sites for hydroxylation is 2. The largest absolute Gasteiger partial charge is 0.478 e. The molecule has 0 saturated heterocycles. The monoisotopic (exact) mass is 316 g/mol. The van der Waals surface area contributed by atoms with Crippen molar-refractivity contribution >= 4 is 28.3 Å². The first-order valence-electron chi connectivity index (χ1n) is 6.63. The number of carboxylic acid groups (broad SMARTS) is 1. The average molecular weight is 316 g/mol. The lowest BCUT2D eigenvalue weighted by atomic mass is 10.1. The van der Waals surface area contributed by atoms with Crippen LogP contribution < -0.4 is 0 Å². The summed E-state index contributed by atoms with van der Waals surface area (Å²) in [6.07, 6.45) is 2.61. The van der Waals surface area contributed by atoms with E-state index in [-0.39, 0.29) is 5.82 Å². The van der Waals surface area contributed by atoms with E-state index in [4.69, 9.17) is 5.11 Å². The molecule has 0 atom stereocenters. The number of carbonyl (C=O) groups is 1. The third-order valence-corrected chi connectivity index (χ3v) is 4.53. The first-order valence-corrected chi connectivity index (χ1v) is 7.44. The highest BCUT2D eigenvalue weighted by Gasteiger charge is 2.17. The first-order chi connectivity index (χ1) is 10.5. The molecule has 1 N–H and O–H groups in total. The fourth-order valence-electron chi connectivity index (χ4n) is 2.30. The van der Waals surface area contributed by atoms with Gasteiger partial charge in [-0.05, 0) is 44.2 Å². The molecule has 0 radical (unpaired) electrons. The molecule has 112 valence electrons. The second-order valence-corrected chi connectivity index (χ2v) is 6.07. The van der Waals surface area contributed by atoms with Gasteiger partial charge in [-0.2, -0.15) is 0 Å². The summed E-state index contributed by atoms with van der Waals surface area (Å²) < 4.78 is 15.0. The Labute approximate surface area is 130 Å². The lowest BCUT2D eigenvalue weighted by molar-refractivity contribution is -0.131. The second kappa shape index (κ2) is 5.38. The number of aliphatic carboxylic acids is 1. The lowest BCUT2D eigenvalue weighted by Gasteiger charge is -2.02. The summed E-state index contributed by atoms with van der Waals surface area (Å²) >= 11 is 1.54. The van der Waals surface area contributed by atoms with Crippen LogP contribution in [0.5, 0.6) is 0 Å². The molecule has 0 amide bonds. The van der Waals surface area contributed by atoms with Crippen LogP contribution in [0, 0.1) is 19.7 Å². The zero-order chi connectivity index (χ0) is 15.9. The molecule has 2 heterocycles. The number of aromatic nitrogens is 2. The molecule has 3 rings (SSSR count). The third-order valence-electron chi connectivity index (χ3n) is 3.47. The number of thiazole rings is 1. The van der Waals surface area contributed by atoms with Gasteiger partial charge >= 0.3 is 5.97 Å².